The highest BCUT2D eigenvalue weighted by Crippen LogP contribution is 2.31. The van der Waals surface area contributed by atoms with E-state index in [1.54, 1.807) is 51.1 Å². The van der Waals surface area contributed by atoms with Crippen molar-refractivity contribution in [1.29, 1.82) is 0 Å². The molecule has 1 aliphatic rings. The van der Waals surface area contributed by atoms with E-state index >= 15 is 0 Å². The second-order valence-corrected chi connectivity index (χ2v) is 10.7. The van der Waals surface area contributed by atoms with Crippen molar-refractivity contribution >= 4 is 27.9 Å². The van der Waals surface area contributed by atoms with E-state index in [0.29, 0.717) is 10.8 Å². The second-order valence-electron chi connectivity index (χ2n) is 8.65. The highest BCUT2D eigenvalue weighted by atomic mass is 35.5. The molecular weight excluding hydrogens is 488 g/mol. The molecule has 9 nitrogen and oxygen atoms in total. The monoisotopic (exact) mass is 514 g/mol. The Kier molecular flexibility index (Phi) is 8.10. The third kappa shape index (κ3) is 6.83. The van der Waals surface area contributed by atoms with Gasteiger partial charge in [-0.25, -0.2) is 4.79 Å². The van der Waals surface area contributed by atoms with E-state index in [4.69, 9.17) is 34.7 Å². The van der Waals surface area contributed by atoms with Gasteiger partial charge < -0.3 is 24.1 Å². The summed E-state index contributed by atoms with van der Waals surface area (Å²) in [5.74, 6) is 0.351. The predicted octanol–water partition coefficient (Wildman–Crippen LogP) is 3.92. The van der Waals surface area contributed by atoms with Crippen LogP contribution < -0.4 is 4.74 Å². The quantitative estimate of drug-likeness (QED) is 0.452. The number of aliphatic hydroxyl groups excluding tert-OH is 1. The molecule has 11 heteroatoms. The van der Waals surface area contributed by atoms with Gasteiger partial charge in [-0.1, -0.05) is 29.8 Å². The molecule has 0 aromatic heterocycles. The fourth-order valence-electron chi connectivity index (χ4n) is 3.14. The number of rotatable bonds is 6. The highest BCUT2D eigenvalue weighted by molar-refractivity contribution is 7.86. The minimum atomic E-state index is -4.41. The summed E-state index contributed by atoms with van der Waals surface area (Å²) in [6.45, 7) is 6.44. The second kappa shape index (κ2) is 10.5. The van der Waals surface area contributed by atoms with Crippen LogP contribution in [0.4, 0.5) is 4.79 Å². The van der Waals surface area contributed by atoms with Crippen LogP contribution in [0.25, 0.3) is 0 Å². The molecule has 2 aromatic carbocycles. The zero-order valence-electron chi connectivity index (χ0n) is 19.1. The Balaban J connectivity index is 1.95. The Morgan fingerprint density at radius 1 is 1.03 bits per heavy atom. The Morgan fingerprint density at radius 2 is 1.65 bits per heavy atom. The van der Waals surface area contributed by atoms with Gasteiger partial charge in [0, 0.05) is 5.02 Å². The summed E-state index contributed by atoms with van der Waals surface area (Å²) in [4.78, 5) is 12.2. The van der Waals surface area contributed by atoms with Crippen molar-refractivity contribution in [3.63, 3.8) is 0 Å². The molecule has 1 saturated heterocycles. The van der Waals surface area contributed by atoms with Gasteiger partial charge in [0.1, 0.15) is 17.5 Å². The van der Waals surface area contributed by atoms with Gasteiger partial charge in [0.15, 0.2) is 12.2 Å². The summed E-state index contributed by atoms with van der Waals surface area (Å²) < 4.78 is 53.6. The van der Waals surface area contributed by atoms with E-state index in [1.165, 1.54) is 31.2 Å². The number of ether oxygens (including phenoxy) is 4. The minimum Gasteiger partial charge on any atom is -0.462 e. The molecule has 5 atom stereocenters. The number of carbonyl (C=O) groups excluding carboxylic acids is 1. The standard InChI is InChI=1S/C23H27ClO9S/c1-14-18(25)19(31-22(26)32-23(2,3)4)20(21(29-14)30-16-8-6-5-7-9-16)33-34(27,28)17-12-10-15(24)11-13-17/h5-14,18-21,25H,1-4H3/t14-,18-,19+,20+,21+/m0/s1. The van der Waals surface area contributed by atoms with Crippen molar-refractivity contribution in [2.24, 2.45) is 0 Å². The summed E-state index contributed by atoms with van der Waals surface area (Å²) in [7, 11) is -4.41. The number of carbonyl (C=O) groups is 1. The summed E-state index contributed by atoms with van der Waals surface area (Å²) in [6.07, 6.45) is -7.85. The number of halogens is 1. The van der Waals surface area contributed by atoms with Crippen LogP contribution in [-0.4, -0.2) is 56.0 Å². The van der Waals surface area contributed by atoms with Crippen LogP contribution in [-0.2, 0) is 28.5 Å². The van der Waals surface area contributed by atoms with E-state index in [0.717, 1.165) is 0 Å². The SMILES string of the molecule is C[C@@H]1O[C@H](Oc2ccccc2)[C@H](OS(=O)(=O)c2ccc(Cl)cc2)[C@H](OC(=O)OC(C)(C)C)[C@H]1O. The Labute approximate surface area is 203 Å². The molecule has 2 aromatic rings. The van der Waals surface area contributed by atoms with Gasteiger partial charge in [0.25, 0.3) is 10.1 Å². The van der Waals surface area contributed by atoms with Crippen molar-refractivity contribution in [3.05, 3.63) is 59.6 Å². The van der Waals surface area contributed by atoms with E-state index in [-0.39, 0.29) is 4.90 Å². The summed E-state index contributed by atoms with van der Waals surface area (Å²) in [5, 5.41) is 11.1. The van der Waals surface area contributed by atoms with Crippen LogP contribution in [0.2, 0.25) is 5.02 Å². The van der Waals surface area contributed by atoms with Crippen molar-refractivity contribution in [3.8, 4) is 5.75 Å². The molecule has 186 valence electrons. The number of aliphatic hydroxyl groups is 1. The fourth-order valence-corrected chi connectivity index (χ4v) is 4.34. The molecule has 1 aliphatic heterocycles. The first-order valence-electron chi connectivity index (χ1n) is 10.5. The first-order valence-corrected chi connectivity index (χ1v) is 12.3. The molecule has 0 aliphatic carbocycles. The average molecular weight is 515 g/mol. The van der Waals surface area contributed by atoms with E-state index in [9.17, 15) is 18.3 Å². The van der Waals surface area contributed by atoms with E-state index < -0.39 is 52.6 Å². The Morgan fingerprint density at radius 3 is 2.24 bits per heavy atom. The third-order valence-corrected chi connectivity index (χ3v) is 6.29. The summed E-state index contributed by atoms with van der Waals surface area (Å²) in [5.41, 5.74) is -0.884. The molecule has 0 amide bonds. The maximum Gasteiger partial charge on any atom is 0.509 e. The van der Waals surface area contributed by atoms with Crippen LogP contribution in [0.1, 0.15) is 27.7 Å². The molecule has 0 bridgehead atoms. The largest absolute Gasteiger partial charge is 0.509 e. The lowest BCUT2D eigenvalue weighted by molar-refractivity contribution is -0.263. The normalized spacial score (nSPS) is 25.4. The minimum absolute atomic E-state index is 0.195. The summed E-state index contributed by atoms with van der Waals surface area (Å²) >= 11 is 5.86. The van der Waals surface area contributed by atoms with Crippen molar-refractivity contribution in [2.75, 3.05) is 0 Å². The van der Waals surface area contributed by atoms with Gasteiger partial charge in [0.05, 0.1) is 11.0 Å². The number of para-hydroxylation sites is 1. The van der Waals surface area contributed by atoms with Gasteiger partial charge in [-0.3, -0.25) is 4.18 Å². The van der Waals surface area contributed by atoms with Gasteiger partial charge in [-0.2, -0.15) is 8.42 Å². The molecule has 0 spiro atoms. The van der Waals surface area contributed by atoms with Crippen molar-refractivity contribution < 1.29 is 41.4 Å². The van der Waals surface area contributed by atoms with E-state index in [1.807, 2.05) is 0 Å². The lowest BCUT2D eigenvalue weighted by atomic mass is 10.00. The zero-order valence-corrected chi connectivity index (χ0v) is 20.7. The van der Waals surface area contributed by atoms with Gasteiger partial charge in [-0.05, 0) is 64.1 Å². The molecule has 1 fully saturated rings. The summed E-state index contributed by atoms with van der Waals surface area (Å²) in [6, 6.07) is 13.8. The lowest BCUT2D eigenvalue weighted by Gasteiger charge is -2.42. The number of hydrogen-bond donors (Lipinski definition) is 1. The molecule has 1 heterocycles. The first-order chi connectivity index (χ1) is 15.9. The molecule has 0 unspecified atom stereocenters. The van der Waals surface area contributed by atoms with Crippen LogP contribution in [0.5, 0.6) is 5.75 Å². The van der Waals surface area contributed by atoms with E-state index in [2.05, 4.69) is 0 Å². The van der Waals surface area contributed by atoms with Crippen LogP contribution in [0.15, 0.2) is 59.5 Å². The predicted molar refractivity (Wildman–Crippen MR) is 122 cm³/mol. The molecule has 34 heavy (non-hydrogen) atoms. The molecule has 0 radical (unpaired) electrons. The highest BCUT2D eigenvalue weighted by Gasteiger charge is 2.51. The third-order valence-electron chi connectivity index (χ3n) is 4.72. The molecule has 0 saturated carbocycles. The van der Waals surface area contributed by atoms with Crippen LogP contribution in [0.3, 0.4) is 0 Å². The van der Waals surface area contributed by atoms with Gasteiger partial charge >= 0.3 is 6.16 Å². The Hall–Kier alpha value is -2.37. The number of hydrogen-bond acceptors (Lipinski definition) is 9. The van der Waals surface area contributed by atoms with Crippen LogP contribution >= 0.6 is 11.6 Å². The van der Waals surface area contributed by atoms with Gasteiger partial charge in [0.2, 0.25) is 6.29 Å². The van der Waals surface area contributed by atoms with Gasteiger partial charge in [-0.15, -0.1) is 0 Å². The number of benzene rings is 2. The van der Waals surface area contributed by atoms with Crippen LogP contribution in [0, 0.1) is 0 Å². The lowest BCUT2D eigenvalue weighted by Crippen LogP contribution is -2.61. The zero-order chi connectivity index (χ0) is 25.1. The topological polar surface area (TPSA) is 118 Å². The Bertz CT molecular complexity index is 1070. The fraction of sp³-hybridized carbons (Fsp3) is 0.435. The smallest absolute Gasteiger partial charge is 0.462 e. The maximum atomic E-state index is 13.0. The molecular formula is C23H27ClO9S. The average Bonchev–Trinajstić information content (AvgIpc) is 2.74. The van der Waals surface area contributed by atoms with Crippen molar-refractivity contribution in [1.82, 2.24) is 0 Å². The maximum absolute atomic E-state index is 13.0. The molecule has 1 N–H and O–H groups in total. The first kappa shape index (κ1) is 26.2. The van der Waals surface area contributed by atoms with Crippen molar-refractivity contribution in [2.45, 2.75) is 68.9 Å². The molecule has 3 rings (SSSR count).